The maximum absolute atomic E-state index is 13.5. The fraction of sp³-hybridized carbons (Fsp3) is 0.297. The summed E-state index contributed by atoms with van der Waals surface area (Å²) in [5.74, 6) is 0.914. The topological polar surface area (TPSA) is 124 Å². The minimum absolute atomic E-state index is 0.169. The molecule has 0 spiro atoms. The van der Waals surface area contributed by atoms with Crippen LogP contribution in [0.2, 0.25) is 0 Å². The highest BCUT2D eigenvalue weighted by molar-refractivity contribution is 6.25. The number of piperazine rings is 1. The van der Waals surface area contributed by atoms with Gasteiger partial charge in [-0.25, -0.2) is 0 Å². The van der Waals surface area contributed by atoms with Crippen LogP contribution in [0.4, 0.5) is 0 Å². The molecule has 4 aromatic carbocycles. The second kappa shape index (κ2) is 14.1. The molecule has 2 heterocycles. The van der Waals surface area contributed by atoms with Crippen LogP contribution in [-0.2, 0) is 0 Å². The Balaban J connectivity index is 1.06. The number of hydrogen-bond donors (Lipinski definition) is 0. The average Bonchev–Trinajstić information content (AvgIpc) is 3.15. The predicted octanol–water partition coefficient (Wildman–Crippen LogP) is 4.54. The van der Waals surface area contributed by atoms with E-state index < -0.39 is 0 Å². The van der Waals surface area contributed by atoms with Gasteiger partial charge in [-0.3, -0.25) is 24.1 Å². The summed E-state index contributed by atoms with van der Waals surface area (Å²) < 4.78 is 27.6. The van der Waals surface area contributed by atoms with Crippen LogP contribution in [0, 0.1) is 0 Å². The van der Waals surface area contributed by atoms with Gasteiger partial charge in [0.2, 0.25) is 5.75 Å². The summed E-state index contributed by atoms with van der Waals surface area (Å²) in [6, 6.07) is 19.1. The predicted molar refractivity (Wildman–Crippen MR) is 180 cm³/mol. The number of rotatable bonds is 11. The molecule has 0 unspecified atom stereocenters. The molecule has 4 amide bonds. The van der Waals surface area contributed by atoms with Gasteiger partial charge in [-0.2, -0.15) is 0 Å². The first-order valence-electron chi connectivity index (χ1n) is 15.9. The van der Waals surface area contributed by atoms with Crippen molar-refractivity contribution in [3.05, 3.63) is 89.0 Å². The summed E-state index contributed by atoms with van der Waals surface area (Å²) in [6.07, 6.45) is 0.374. The molecule has 0 saturated carbocycles. The molecule has 4 aromatic rings. The Kier molecular flexibility index (Phi) is 9.56. The van der Waals surface area contributed by atoms with Crippen molar-refractivity contribution in [2.75, 3.05) is 67.8 Å². The second-order valence-corrected chi connectivity index (χ2v) is 11.5. The number of amides is 4. The van der Waals surface area contributed by atoms with Crippen LogP contribution < -0.4 is 23.7 Å². The van der Waals surface area contributed by atoms with E-state index in [2.05, 4.69) is 0 Å². The van der Waals surface area contributed by atoms with E-state index in [1.807, 2.05) is 24.3 Å². The molecule has 0 aliphatic carbocycles. The van der Waals surface area contributed by atoms with Crippen LogP contribution in [0.15, 0.2) is 66.7 Å². The summed E-state index contributed by atoms with van der Waals surface area (Å²) in [6.45, 7) is 1.71. The first kappa shape index (κ1) is 33.1. The SMILES string of the molecule is COc1ccc(C(=O)N2CCN(C(=O)c3cc(OC)c(OC)c(OC)c3)CC2)cc1OCCCN1C(=O)c2cccc3cccc(c23)C1=O. The number of carbonyl (C=O) groups excluding carboxylic acids is 4. The normalized spacial score (nSPS) is 14.2. The van der Waals surface area contributed by atoms with Crippen LogP contribution in [0.3, 0.4) is 0 Å². The lowest BCUT2D eigenvalue weighted by atomic mass is 9.94. The van der Waals surface area contributed by atoms with Crippen molar-refractivity contribution >= 4 is 34.4 Å². The van der Waals surface area contributed by atoms with E-state index in [4.69, 9.17) is 23.7 Å². The van der Waals surface area contributed by atoms with Crippen molar-refractivity contribution < 1.29 is 42.9 Å². The third-order valence-corrected chi connectivity index (χ3v) is 8.82. The Bertz CT molecular complexity index is 1860. The van der Waals surface area contributed by atoms with Gasteiger partial charge < -0.3 is 33.5 Å². The number of hydrogen-bond acceptors (Lipinski definition) is 9. The molecule has 0 atom stereocenters. The average molecular weight is 668 g/mol. The minimum Gasteiger partial charge on any atom is -0.493 e. The first-order valence-corrected chi connectivity index (χ1v) is 15.9. The Morgan fingerprint density at radius 3 is 1.69 bits per heavy atom. The molecular weight excluding hydrogens is 630 g/mol. The smallest absolute Gasteiger partial charge is 0.261 e. The van der Waals surface area contributed by atoms with Gasteiger partial charge in [-0.1, -0.05) is 24.3 Å². The van der Waals surface area contributed by atoms with E-state index in [0.717, 1.165) is 5.39 Å². The fourth-order valence-corrected chi connectivity index (χ4v) is 6.29. The van der Waals surface area contributed by atoms with Gasteiger partial charge in [0.15, 0.2) is 23.0 Å². The lowest BCUT2D eigenvalue weighted by Crippen LogP contribution is -2.50. The number of benzene rings is 4. The van der Waals surface area contributed by atoms with E-state index in [1.165, 1.54) is 33.3 Å². The highest BCUT2D eigenvalue weighted by Gasteiger charge is 2.32. The summed E-state index contributed by atoms with van der Waals surface area (Å²) in [5, 5.41) is 1.54. The van der Waals surface area contributed by atoms with E-state index >= 15 is 0 Å². The van der Waals surface area contributed by atoms with Crippen LogP contribution in [0.25, 0.3) is 10.8 Å². The molecule has 2 aliphatic heterocycles. The van der Waals surface area contributed by atoms with Crippen molar-refractivity contribution in [2.45, 2.75) is 6.42 Å². The van der Waals surface area contributed by atoms with Gasteiger partial charge in [0.25, 0.3) is 23.6 Å². The maximum atomic E-state index is 13.5. The Hall–Kier alpha value is -5.78. The van der Waals surface area contributed by atoms with Gasteiger partial charge in [0.1, 0.15) is 0 Å². The molecular formula is C37H37N3O9. The van der Waals surface area contributed by atoms with E-state index in [1.54, 1.807) is 52.3 Å². The molecule has 12 heteroatoms. The lowest BCUT2D eigenvalue weighted by molar-refractivity contribution is 0.0535. The highest BCUT2D eigenvalue weighted by atomic mass is 16.5. The number of methoxy groups -OCH3 is 4. The van der Waals surface area contributed by atoms with E-state index in [9.17, 15) is 19.2 Å². The molecule has 0 aromatic heterocycles. The molecule has 49 heavy (non-hydrogen) atoms. The third-order valence-electron chi connectivity index (χ3n) is 8.82. The van der Waals surface area contributed by atoms with Crippen molar-refractivity contribution in [3.8, 4) is 28.7 Å². The molecule has 1 saturated heterocycles. The molecule has 254 valence electrons. The molecule has 2 aliphatic rings. The number of nitrogens with zero attached hydrogens (tertiary/aromatic N) is 3. The molecule has 0 bridgehead atoms. The fourth-order valence-electron chi connectivity index (χ4n) is 6.29. The van der Waals surface area contributed by atoms with Gasteiger partial charge >= 0.3 is 0 Å². The summed E-state index contributed by atoms with van der Waals surface area (Å²) >= 11 is 0. The molecule has 1 fully saturated rings. The zero-order valence-corrected chi connectivity index (χ0v) is 27.8. The number of ether oxygens (including phenoxy) is 5. The summed E-state index contributed by atoms with van der Waals surface area (Å²) in [4.78, 5) is 57.9. The van der Waals surface area contributed by atoms with Gasteiger partial charge in [0.05, 0.1) is 35.0 Å². The van der Waals surface area contributed by atoms with E-state index in [-0.39, 0.29) is 36.8 Å². The van der Waals surface area contributed by atoms with Crippen molar-refractivity contribution in [2.24, 2.45) is 0 Å². The van der Waals surface area contributed by atoms with Crippen LogP contribution >= 0.6 is 0 Å². The van der Waals surface area contributed by atoms with Gasteiger partial charge in [0, 0.05) is 60.4 Å². The summed E-state index contributed by atoms with van der Waals surface area (Å²) in [5.41, 5.74) is 1.81. The first-order chi connectivity index (χ1) is 23.8. The van der Waals surface area contributed by atoms with Crippen LogP contribution in [0.1, 0.15) is 47.9 Å². The quantitative estimate of drug-likeness (QED) is 0.168. The summed E-state index contributed by atoms with van der Waals surface area (Å²) in [7, 11) is 5.99. The molecule has 6 rings (SSSR count). The molecule has 0 N–H and O–H groups in total. The third kappa shape index (κ3) is 6.29. The Labute approximate surface area is 283 Å². The zero-order valence-electron chi connectivity index (χ0n) is 27.8. The molecule has 0 radical (unpaired) electrons. The maximum Gasteiger partial charge on any atom is 0.261 e. The standard InChI is InChI=1S/C37H37N3O9/c1-45-28-13-12-24(34(41)38-15-17-39(18-16-38)35(42)25-21-30(46-2)33(48-4)31(22-25)47-3)20-29(28)49-19-7-14-40-36(43)26-10-5-8-23-9-6-11-27(32(23)26)37(40)44/h5-6,8-13,20-22H,7,14-19H2,1-4H3. The van der Waals surface area contributed by atoms with Crippen molar-refractivity contribution in [3.63, 3.8) is 0 Å². The van der Waals surface area contributed by atoms with Gasteiger partial charge in [-0.05, 0) is 54.3 Å². The van der Waals surface area contributed by atoms with Crippen molar-refractivity contribution in [1.82, 2.24) is 14.7 Å². The second-order valence-electron chi connectivity index (χ2n) is 11.5. The number of imide groups is 1. The van der Waals surface area contributed by atoms with Crippen LogP contribution in [-0.4, -0.2) is 106 Å². The Morgan fingerprint density at radius 1 is 0.633 bits per heavy atom. The van der Waals surface area contributed by atoms with Crippen molar-refractivity contribution in [1.29, 1.82) is 0 Å². The largest absolute Gasteiger partial charge is 0.493 e. The number of carbonyl (C=O) groups is 4. The molecule has 12 nitrogen and oxygen atoms in total. The lowest BCUT2D eigenvalue weighted by Gasteiger charge is -2.35. The highest BCUT2D eigenvalue weighted by Crippen LogP contribution is 2.38. The monoisotopic (exact) mass is 667 g/mol. The van der Waals surface area contributed by atoms with Crippen LogP contribution in [0.5, 0.6) is 28.7 Å². The zero-order chi connectivity index (χ0) is 34.7. The minimum atomic E-state index is -0.329. The van der Waals surface area contributed by atoms with Gasteiger partial charge in [-0.15, -0.1) is 0 Å². The van der Waals surface area contributed by atoms with E-state index in [0.29, 0.717) is 89.0 Å². The Morgan fingerprint density at radius 2 is 1.16 bits per heavy atom.